The van der Waals surface area contributed by atoms with Crippen molar-refractivity contribution in [2.45, 2.75) is 38.3 Å². The molecule has 1 saturated heterocycles. The van der Waals surface area contributed by atoms with Crippen LogP contribution in [0.25, 0.3) is 0 Å². The van der Waals surface area contributed by atoms with E-state index in [0.29, 0.717) is 6.04 Å². The van der Waals surface area contributed by atoms with Crippen molar-refractivity contribution in [2.24, 2.45) is 0 Å². The molecule has 1 aromatic heterocycles. The molecule has 5 nitrogen and oxygen atoms in total. The van der Waals surface area contributed by atoms with Gasteiger partial charge in [0.05, 0.1) is 6.54 Å². The third-order valence-electron chi connectivity index (χ3n) is 3.91. The van der Waals surface area contributed by atoms with Crippen LogP contribution in [0.4, 0.5) is 0 Å². The van der Waals surface area contributed by atoms with Crippen LogP contribution in [0.1, 0.15) is 44.1 Å². The van der Waals surface area contributed by atoms with Gasteiger partial charge in [-0.3, -0.25) is 0 Å². The fraction of sp³-hybridized carbons (Fsp3) is 0.500. The van der Waals surface area contributed by atoms with E-state index in [1.165, 1.54) is 18.5 Å². The Morgan fingerprint density at radius 2 is 2.05 bits per heavy atom. The van der Waals surface area contributed by atoms with E-state index in [4.69, 9.17) is 0 Å². The number of tetrazole rings is 1. The number of nitrogens with zero attached hydrogens (tertiary/aromatic N) is 4. The Kier molecular flexibility index (Phi) is 3.06. The lowest BCUT2D eigenvalue weighted by atomic mass is 9.95. The maximum Gasteiger partial charge on any atom is 0.231 e. The van der Waals surface area contributed by atoms with Gasteiger partial charge in [-0.2, -0.15) is 4.80 Å². The molecule has 1 fully saturated rings. The molecule has 0 saturated carbocycles. The molecule has 1 atom stereocenters. The molecule has 1 aromatic carbocycles. The normalized spacial score (nSPS) is 19.8. The number of nitrogens with two attached hydrogens (primary N) is 1. The number of hydrogen-bond donors (Lipinski definition) is 1. The van der Waals surface area contributed by atoms with E-state index in [0.717, 1.165) is 12.2 Å². The van der Waals surface area contributed by atoms with Crippen LogP contribution in [0.3, 0.4) is 0 Å². The molecular formula is C14H20N5+. The summed E-state index contributed by atoms with van der Waals surface area (Å²) in [5.41, 5.74) is 0.917. The van der Waals surface area contributed by atoms with Gasteiger partial charge < -0.3 is 5.32 Å². The maximum absolute atomic E-state index is 4.60. The second kappa shape index (κ2) is 4.74. The second-order valence-corrected chi connectivity index (χ2v) is 5.64. The van der Waals surface area contributed by atoms with Gasteiger partial charge in [-0.25, -0.2) is 0 Å². The van der Waals surface area contributed by atoms with Crippen molar-refractivity contribution in [3.8, 4) is 0 Å². The molecule has 0 amide bonds. The summed E-state index contributed by atoms with van der Waals surface area (Å²) in [5, 5.41) is 15.4. The first kappa shape index (κ1) is 12.3. The molecule has 19 heavy (non-hydrogen) atoms. The van der Waals surface area contributed by atoms with Crippen molar-refractivity contribution < 1.29 is 5.32 Å². The molecule has 100 valence electrons. The van der Waals surface area contributed by atoms with E-state index < -0.39 is 0 Å². The lowest BCUT2D eigenvalue weighted by molar-refractivity contribution is -0.677. The lowest BCUT2D eigenvalue weighted by Crippen LogP contribution is -2.82. The molecule has 3 rings (SSSR count). The Hall–Kier alpha value is -1.75. The Bertz CT molecular complexity index is 540. The van der Waals surface area contributed by atoms with Gasteiger partial charge in [0.25, 0.3) is 0 Å². The predicted octanol–water partition coefficient (Wildman–Crippen LogP) is 0.855. The van der Waals surface area contributed by atoms with Crippen LogP contribution in [0, 0.1) is 0 Å². The molecule has 0 unspecified atom stereocenters. The second-order valence-electron chi connectivity index (χ2n) is 5.64. The van der Waals surface area contributed by atoms with Gasteiger partial charge in [0.15, 0.2) is 6.04 Å². The van der Waals surface area contributed by atoms with Crippen LogP contribution >= 0.6 is 0 Å². The maximum atomic E-state index is 4.60. The monoisotopic (exact) mass is 258 g/mol. The lowest BCUT2D eigenvalue weighted by Gasteiger charge is -2.23. The van der Waals surface area contributed by atoms with E-state index in [9.17, 15) is 0 Å². The van der Waals surface area contributed by atoms with Gasteiger partial charge in [-0.05, 0) is 24.6 Å². The Labute approximate surface area is 113 Å². The fourth-order valence-corrected chi connectivity index (χ4v) is 2.58. The molecule has 0 spiro atoms. The highest BCUT2D eigenvalue weighted by molar-refractivity contribution is 5.22. The van der Waals surface area contributed by atoms with Gasteiger partial charge in [0.1, 0.15) is 5.54 Å². The van der Waals surface area contributed by atoms with E-state index in [2.05, 4.69) is 46.7 Å². The standard InChI is InChI=1S/C14H19N5/c1-14(2,11-7-4-3-5-8-11)19-17-13(16-18-19)12-9-6-10-15-12/h3-5,7-8,12,15H,6,9-10H2,1-2H3/p+1/t12-/m1/s1. The summed E-state index contributed by atoms with van der Waals surface area (Å²) in [6, 6.07) is 10.7. The smallest absolute Gasteiger partial charge is 0.231 e. The van der Waals surface area contributed by atoms with Gasteiger partial charge >= 0.3 is 0 Å². The Morgan fingerprint density at radius 3 is 2.74 bits per heavy atom. The first-order valence-electron chi connectivity index (χ1n) is 6.87. The summed E-state index contributed by atoms with van der Waals surface area (Å²) < 4.78 is 0. The van der Waals surface area contributed by atoms with Crippen molar-refractivity contribution in [1.82, 2.24) is 20.2 Å². The van der Waals surface area contributed by atoms with E-state index >= 15 is 0 Å². The fourth-order valence-electron chi connectivity index (χ4n) is 2.58. The minimum Gasteiger partial charge on any atom is -0.337 e. The van der Waals surface area contributed by atoms with E-state index in [-0.39, 0.29) is 5.54 Å². The number of benzene rings is 1. The zero-order valence-electron chi connectivity index (χ0n) is 11.5. The summed E-state index contributed by atoms with van der Waals surface area (Å²) in [7, 11) is 0. The van der Waals surface area contributed by atoms with Crippen LogP contribution in [-0.4, -0.2) is 26.8 Å². The average Bonchev–Trinajstić information content (AvgIpc) is 3.10. The minimum absolute atomic E-state index is 0.273. The molecule has 5 heteroatoms. The molecule has 1 aliphatic rings. The highest BCUT2D eigenvalue weighted by atomic mass is 15.6. The van der Waals surface area contributed by atoms with Crippen molar-refractivity contribution in [2.75, 3.05) is 6.54 Å². The number of quaternary nitrogens is 1. The third kappa shape index (κ3) is 2.26. The zero-order chi connectivity index (χ0) is 13.3. The third-order valence-corrected chi connectivity index (χ3v) is 3.91. The van der Waals surface area contributed by atoms with Crippen LogP contribution in [0.5, 0.6) is 0 Å². The number of aromatic nitrogens is 4. The number of rotatable bonds is 3. The van der Waals surface area contributed by atoms with Gasteiger partial charge in [-0.1, -0.05) is 30.3 Å². The van der Waals surface area contributed by atoms with Crippen molar-refractivity contribution in [3.63, 3.8) is 0 Å². The Balaban J connectivity index is 1.89. The molecule has 0 bridgehead atoms. The summed E-state index contributed by atoms with van der Waals surface area (Å²) >= 11 is 0. The highest BCUT2D eigenvalue weighted by Gasteiger charge is 2.30. The topological polar surface area (TPSA) is 60.2 Å². The first-order chi connectivity index (χ1) is 9.18. The Morgan fingerprint density at radius 1 is 1.26 bits per heavy atom. The SMILES string of the molecule is CC(C)(c1ccccc1)n1nnc([C@H]2CCC[NH2+]2)n1. The van der Waals surface area contributed by atoms with Crippen molar-refractivity contribution in [3.05, 3.63) is 41.7 Å². The van der Waals surface area contributed by atoms with Crippen LogP contribution in [0.2, 0.25) is 0 Å². The zero-order valence-corrected chi connectivity index (χ0v) is 11.5. The van der Waals surface area contributed by atoms with E-state index in [1.54, 1.807) is 4.80 Å². The molecule has 0 radical (unpaired) electrons. The van der Waals surface area contributed by atoms with Crippen LogP contribution in [0.15, 0.2) is 30.3 Å². The minimum atomic E-state index is -0.273. The van der Waals surface area contributed by atoms with E-state index in [1.807, 2.05) is 18.2 Å². The molecule has 2 N–H and O–H groups in total. The summed E-state index contributed by atoms with van der Waals surface area (Å²) in [4.78, 5) is 1.74. The van der Waals surface area contributed by atoms with Crippen LogP contribution in [-0.2, 0) is 5.54 Å². The molecular weight excluding hydrogens is 238 g/mol. The predicted molar refractivity (Wildman–Crippen MR) is 71.5 cm³/mol. The average molecular weight is 258 g/mol. The largest absolute Gasteiger partial charge is 0.337 e. The number of hydrogen-bond acceptors (Lipinski definition) is 3. The summed E-state index contributed by atoms with van der Waals surface area (Å²) in [6.45, 7) is 5.40. The van der Waals surface area contributed by atoms with Gasteiger partial charge in [0, 0.05) is 12.8 Å². The van der Waals surface area contributed by atoms with Crippen LogP contribution < -0.4 is 5.32 Å². The van der Waals surface area contributed by atoms with Crippen molar-refractivity contribution >= 4 is 0 Å². The van der Waals surface area contributed by atoms with Gasteiger partial charge in [0.2, 0.25) is 5.82 Å². The van der Waals surface area contributed by atoms with Crippen molar-refractivity contribution in [1.29, 1.82) is 0 Å². The van der Waals surface area contributed by atoms with Gasteiger partial charge in [-0.15, -0.1) is 10.2 Å². The molecule has 1 aliphatic heterocycles. The first-order valence-corrected chi connectivity index (χ1v) is 6.87. The summed E-state index contributed by atoms with van der Waals surface area (Å²) in [5.74, 6) is 0.863. The molecule has 2 aromatic rings. The highest BCUT2D eigenvalue weighted by Crippen LogP contribution is 2.23. The molecule has 0 aliphatic carbocycles. The molecule has 2 heterocycles. The summed E-state index contributed by atoms with van der Waals surface area (Å²) in [6.07, 6.45) is 2.39. The quantitative estimate of drug-likeness (QED) is 0.888.